The number of nitrogens with two attached hydrogens (primary N) is 1. The molecule has 104 valence electrons. The average Bonchev–Trinajstić information content (AvgIpc) is 2.40. The number of benzene rings is 1. The first-order chi connectivity index (χ1) is 9.04. The van der Waals surface area contributed by atoms with Gasteiger partial charge in [0.15, 0.2) is 0 Å². The van der Waals surface area contributed by atoms with E-state index in [0.29, 0.717) is 11.6 Å². The van der Waals surface area contributed by atoms with E-state index in [1.54, 1.807) is 24.3 Å². The zero-order valence-corrected chi connectivity index (χ0v) is 11.6. The second-order valence-corrected chi connectivity index (χ2v) is 7.15. The Labute approximate surface area is 113 Å². The highest BCUT2D eigenvalue weighted by Gasteiger charge is 2.36. The van der Waals surface area contributed by atoms with Crippen molar-refractivity contribution in [1.82, 2.24) is 9.62 Å². The lowest BCUT2D eigenvalue weighted by atomic mass is 9.85. The fourth-order valence-corrected chi connectivity index (χ4v) is 4.31. The van der Waals surface area contributed by atoms with Crippen LogP contribution in [0, 0.1) is 5.92 Å². The summed E-state index contributed by atoms with van der Waals surface area (Å²) in [6.07, 6.45) is 2.18. The molecule has 1 aromatic rings. The lowest BCUT2D eigenvalue weighted by Gasteiger charge is -2.44. The van der Waals surface area contributed by atoms with Crippen LogP contribution in [0.1, 0.15) is 12.8 Å². The summed E-state index contributed by atoms with van der Waals surface area (Å²) in [6.45, 7) is 3.04. The second-order valence-electron chi connectivity index (χ2n) is 5.43. The molecule has 3 aliphatic heterocycles. The molecule has 6 heteroatoms. The molecule has 0 aromatic heterocycles. The van der Waals surface area contributed by atoms with Crippen LogP contribution in [0.3, 0.4) is 0 Å². The Morgan fingerprint density at radius 2 is 1.79 bits per heavy atom. The van der Waals surface area contributed by atoms with Crippen LogP contribution in [0.2, 0.25) is 0 Å². The quantitative estimate of drug-likeness (QED) is 0.797. The van der Waals surface area contributed by atoms with Crippen LogP contribution in [0.4, 0.5) is 5.69 Å². The average molecular weight is 281 g/mol. The molecule has 0 aliphatic carbocycles. The van der Waals surface area contributed by atoms with E-state index in [4.69, 9.17) is 5.73 Å². The van der Waals surface area contributed by atoms with E-state index in [1.165, 1.54) is 0 Å². The van der Waals surface area contributed by atoms with Crippen molar-refractivity contribution in [3.63, 3.8) is 0 Å². The molecule has 19 heavy (non-hydrogen) atoms. The molecule has 5 nitrogen and oxygen atoms in total. The molecule has 1 atom stereocenters. The minimum Gasteiger partial charge on any atom is -0.399 e. The number of rotatable bonds is 3. The normalized spacial score (nSPS) is 30.4. The summed E-state index contributed by atoms with van der Waals surface area (Å²) in [5, 5.41) is 0. The van der Waals surface area contributed by atoms with Crippen LogP contribution in [0.15, 0.2) is 29.2 Å². The molecule has 3 N–H and O–H groups in total. The maximum atomic E-state index is 12.3. The molecule has 2 bridgehead atoms. The molecule has 0 amide bonds. The Hall–Kier alpha value is -1.11. The minimum absolute atomic E-state index is 0.0463. The van der Waals surface area contributed by atoms with Crippen molar-refractivity contribution in [3.05, 3.63) is 24.3 Å². The van der Waals surface area contributed by atoms with Gasteiger partial charge in [-0.3, -0.25) is 0 Å². The van der Waals surface area contributed by atoms with Crippen LogP contribution < -0.4 is 10.5 Å². The Morgan fingerprint density at radius 1 is 1.16 bits per heavy atom. The van der Waals surface area contributed by atoms with E-state index in [1.807, 2.05) is 0 Å². The van der Waals surface area contributed by atoms with Gasteiger partial charge in [0.05, 0.1) is 4.90 Å². The van der Waals surface area contributed by atoms with Crippen molar-refractivity contribution in [2.75, 3.05) is 25.4 Å². The molecular formula is C13H19N3O2S. The summed E-state index contributed by atoms with van der Waals surface area (Å²) in [7, 11) is -3.43. The zero-order valence-electron chi connectivity index (χ0n) is 10.7. The van der Waals surface area contributed by atoms with Gasteiger partial charge >= 0.3 is 0 Å². The third-order valence-corrected chi connectivity index (χ3v) is 5.66. The van der Waals surface area contributed by atoms with E-state index in [2.05, 4.69) is 9.62 Å². The van der Waals surface area contributed by atoms with Crippen LogP contribution in [-0.2, 0) is 10.0 Å². The first-order valence-corrected chi connectivity index (χ1v) is 8.13. The van der Waals surface area contributed by atoms with E-state index in [-0.39, 0.29) is 10.9 Å². The number of piperidine rings is 3. The number of fused-ring (bicyclic) bond motifs is 3. The van der Waals surface area contributed by atoms with Crippen molar-refractivity contribution in [2.24, 2.45) is 5.92 Å². The molecule has 3 heterocycles. The van der Waals surface area contributed by atoms with Gasteiger partial charge in [-0.1, -0.05) is 0 Å². The smallest absolute Gasteiger partial charge is 0.240 e. The van der Waals surface area contributed by atoms with Crippen molar-refractivity contribution in [1.29, 1.82) is 0 Å². The van der Waals surface area contributed by atoms with Gasteiger partial charge in [-0.05, 0) is 56.1 Å². The third kappa shape index (κ3) is 2.61. The van der Waals surface area contributed by atoms with Gasteiger partial charge in [0.25, 0.3) is 0 Å². The highest BCUT2D eigenvalue weighted by Crippen LogP contribution is 2.28. The number of hydrogen-bond donors (Lipinski definition) is 2. The number of anilines is 1. The molecule has 1 unspecified atom stereocenters. The van der Waals surface area contributed by atoms with Gasteiger partial charge in [0.2, 0.25) is 10.0 Å². The van der Waals surface area contributed by atoms with Crippen LogP contribution >= 0.6 is 0 Å². The lowest BCUT2D eigenvalue weighted by molar-refractivity contribution is 0.0827. The van der Waals surface area contributed by atoms with Gasteiger partial charge in [-0.25, -0.2) is 13.1 Å². The van der Waals surface area contributed by atoms with Crippen molar-refractivity contribution in [2.45, 2.75) is 23.8 Å². The summed E-state index contributed by atoms with van der Waals surface area (Å²) < 4.78 is 27.5. The van der Waals surface area contributed by atoms with Crippen LogP contribution in [0.5, 0.6) is 0 Å². The molecule has 4 rings (SSSR count). The maximum absolute atomic E-state index is 12.3. The van der Waals surface area contributed by atoms with E-state index >= 15 is 0 Å². The monoisotopic (exact) mass is 281 g/mol. The molecule has 0 radical (unpaired) electrons. The van der Waals surface area contributed by atoms with E-state index in [9.17, 15) is 8.42 Å². The largest absolute Gasteiger partial charge is 0.399 e. The first kappa shape index (κ1) is 12.9. The Kier molecular flexibility index (Phi) is 3.24. The van der Waals surface area contributed by atoms with Gasteiger partial charge in [0.1, 0.15) is 0 Å². The number of nitrogens with one attached hydrogen (secondary N) is 1. The maximum Gasteiger partial charge on any atom is 0.240 e. The molecule has 0 spiro atoms. The summed E-state index contributed by atoms with van der Waals surface area (Å²) >= 11 is 0. The first-order valence-electron chi connectivity index (χ1n) is 6.65. The number of nitrogen functional groups attached to an aromatic ring is 1. The Morgan fingerprint density at radius 3 is 2.32 bits per heavy atom. The zero-order chi connectivity index (χ0) is 13.5. The summed E-state index contributed by atoms with van der Waals surface area (Å²) in [6, 6.07) is 6.39. The van der Waals surface area contributed by atoms with Crippen LogP contribution in [-0.4, -0.2) is 39.0 Å². The predicted octanol–water partition coefficient (Wildman–Crippen LogP) is 0.641. The topological polar surface area (TPSA) is 75.4 Å². The van der Waals surface area contributed by atoms with Crippen molar-refractivity contribution in [3.8, 4) is 0 Å². The SMILES string of the molecule is Nc1ccc(S(=O)(=O)NC2CN3CCC2CC3)cc1. The van der Waals surface area contributed by atoms with Gasteiger partial charge in [-0.2, -0.15) is 0 Å². The Balaban J connectivity index is 1.76. The van der Waals surface area contributed by atoms with Crippen molar-refractivity contribution < 1.29 is 8.42 Å². The highest BCUT2D eigenvalue weighted by atomic mass is 32.2. The number of hydrogen-bond acceptors (Lipinski definition) is 4. The number of nitrogens with zero attached hydrogens (tertiary/aromatic N) is 1. The van der Waals surface area contributed by atoms with Gasteiger partial charge in [-0.15, -0.1) is 0 Å². The molecular weight excluding hydrogens is 262 g/mol. The summed E-state index contributed by atoms with van der Waals surface area (Å²) in [5.41, 5.74) is 6.15. The fraction of sp³-hybridized carbons (Fsp3) is 0.538. The van der Waals surface area contributed by atoms with Crippen molar-refractivity contribution >= 4 is 15.7 Å². The van der Waals surface area contributed by atoms with E-state index in [0.717, 1.165) is 32.5 Å². The molecule has 3 aliphatic rings. The molecule has 1 aromatic carbocycles. The molecule has 3 fully saturated rings. The fourth-order valence-electron chi connectivity index (χ4n) is 3.01. The molecule has 0 saturated carbocycles. The Bertz CT molecular complexity index is 548. The minimum atomic E-state index is -3.43. The van der Waals surface area contributed by atoms with E-state index < -0.39 is 10.0 Å². The van der Waals surface area contributed by atoms with Crippen LogP contribution in [0.25, 0.3) is 0 Å². The highest BCUT2D eigenvalue weighted by molar-refractivity contribution is 7.89. The van der Waals surface area contributed by atoms with Gasteiger partial charge in [0, 0.05) is 18.3 Å². The predicted molar refractivity (Wildman–Crippen MR) is 74.1 cm³/mol. The van der Waals surface area contributed by atoms with Gasteiger partial charge < -0.3 is 10.6 Å². The third-order valence-electron chi connectivity index (χ3n) is 4.15. The second kappa shape index (κ2) is 4.77. The standard InChI is InChI=1S/C13H19N3O2S/c14-11-1-3-12(4-2-11)19(17,18)15-13-9-16-7-5-10(13)6-8-16/h1-4,10,13,15H,5-9,14H2. The lowest BCUT2D eigenvalue weighted by Crippen LogP contribution is -2.57. The number of sulfonamides is 1. The summed E-state index contributed by atoms with van der Waals surface area (Å²) in [5.74, 6) is 0.480. The summed E-state index contributed by atoms with van der Waals surface area (Å²) in [4.78, 5) is 2.62. The molecule has 3 saturated heterocycles.